The predicted molar refractivity (Wildman–Crippen MR) is 103 cm³/mol. The van der Waals surface area contributed by atoms with Gasteiger partial charge in [0.05, 0.1) is 35.5 Å². The zero-order valence-electron chi connectivity index (χ0n) is 16.6. The van der Waals surface area contributed by atoms with Crippen molar-refractivity contribution in [3.8, 4) is 0 Å². The van der Waals surface area contributed by atoms with Crippen LogP contribution in [0.4, 0.5) is 14.9 Å². The molecule has 9 nitrogen and oxygen atoms in total. The van der Waals surface area contributed by atoms with Crippen molar-refractivity contribution in [1.82, 2.24) is 10.6 Å². The van der Waals surface area contributed by atoms with Gasteiger partial charge in [-0.1, -0.05) is 12.1 Å². The summed E-state index contributed by atoms with van der Waals surface area (Å²) in [5.41, 5.74) is 0.373. The lowest BCUT2D eigenvalue weighted by atomic mass is 10.0. The molecule has 2 aliphatic heterocycles. The highest BCUT2D eigenvalue weighted by molar-refractivity contribution is 5.99. The van der Waals surface area contributed by atoms with Gasteiger partial charge in [0.25, 0.3) is 0 Å². The molecule has 10 heteroatoms. The van der Waals surface area contributed by atoms with Crippen LogP contribution in [0.15, 0.2) is 35.5 Å². The topological polar surface area (TPSA) is 114 Å². The van der Waals surface area contributed by atoms with Gasteiger partial charge in [-0.2, -0.15) is 0 Å². The summed E-state index contributed by atoms with van der Waals surface area (Å²) in [6, 6.07) is 4.64. The third-order valence-electron chi connectivity index (χ3n) is 4.83. The Morgan fingerprint density at radius 3 is 2.67 bits per heavy atom. The van der Waals surface area contributed by atoms with Gasteiger partial charge in [0.1, 0.15) is 12.4 Å². The number of benzene rings is 1. The molecule has 1 fully saturated rings. The summed E-state index contributed by atoms with van der Waals surface area (Å²) in [6.07, 6.45) is -0.124. The molecule has 1 aromatic rings. The fourth-order valence-corrected chi connectivity index (χ4v) is 3.42. The van der Waals surface area contributed by atoms with Gasteiger partial charge >= 0.3 is 18.0 Å². The number of para-hydroxylation sites is 1. The Hall–Kier alpha value is -3.43. The van der Waals surface area contributed by atoms with Crippen molar-refractivity contribution in [3.63, 3.8) is 0 Å². The maximum atomic E-state index is 14.0. The molecule has 3 amide bonds. The van der Waals surface area contributed by atoms with Crippen LogP contribution in [0, 0.1) is 11.7 Å². The standard InChI is InChI=1S/C20H22FN3O6/c1-3-29-19(27)17-11(2)22-20(28)23-14(17)10-30-18(26)12-8-16(25)24(9-12)15-7-5-4-6-13(15)21/h4-7,11-12H,3,8-10H2,1-2H3,(H2,22,23,28)/t11-,12-/m0/s1. The van der Waals surface area contributed by atoms with Gasteiger partial charge < -0.3 is 25.0 Å². The molecule has 3 rings (SSSR count). The van der Waals surface area contributed by atoms with Crippen molar-refractivity contribution in [2.45, 2.75) is 26.3 Å². The van der Waals surface area contributed by atoms with E-state index in [1.54, 1.807) is 19.9 Å². The van der Waals surface area contributed by atoms with E-state index >= 15 is 0 Å². The Kier molecular flexibility index (Phi) is 6.34. The van der Waals surface area contributed by atoms with Crippen molar-refractivity contribution in [3.05, 3.63) is 41.4 Å². The van der Waals surface area contributed by atoms with Crippen LogP contribution in [-0.4, -0.2) is 49.7 Å². The SMILES string of the molecule is CCOC(=O)C1=C(COC(=O)[C@H]2CC(=O)N(c3ccccc3F)C2)NC(=O)N[C@H]1C. The maximum absolute atomic E-state index is 14.0. The molecule has 2 atom stereocenters. The second-order valence-corrected chi connectivity index (χ2v) is 6.90. The molecule has 2 N–H and O–H groups in total. The van der Waals surface area contributed by atoms with Crippen molar-refractivity contribution in [1.29, 1.82) is 0 Å². The Bertz CT molecular complexity index is 916. The number of halogens is 1. The van der Waals surface area contributed by atoms with E-state index in [4.69, 9.17) is 9.47 Å². The summed E-state index contributed by atoms with van der Waals surface area (Å²) in [5.74, 6) is -3.06. The highest BCUT2D eigenvalue weighted by Gasteiger charge is 2.38. The van der Waals surface area contributed by atoms with Gasteiger partial charge in [-0.3, -0.25) is 9.59 Å². The second-order valence-electron chi connectivity index (χ2n) is 6.90. The van der Waals surface area contributed by atoms with Crippen molar-refractivity contribution in [2.24, 2.45) is 5.92 Å². The van der Waals surface area contributed by atoms with Gasteiger partial charge in [0.15, 0.2) is 0 Å². The first-order chi connectivity index (χ1) is 14.3. The van der Waals surface area contributed by atoms with Gasteiger partial charge in [-0.25, -0.2) is 14.0 Å². The molecule has 2 heterocycles. The van der Waals surface area contributed by atoms with Crippen LogP contribution in [0.25, 0.3) is 0 Å². The zero-order valence-corrected chi connectivity index (χ0v) is 16.6. The van der Waals surface area contributed by atoms with Crippen LogP contribution in [0.3, 0.4) is 0 Å². The van der Waals surface area contributed by atoms with Gasteiger partial charge in [-0.15, -0.1) is 0 Å². The Labute approximate surface area is 172 Å². The van der Waals surface area contributed by atoms with Gasteiger partial charge in [0, 0.05) is 13.0 Å². The Balaban J connectivity index is 1.69. The molecular weight excluding hydrogens is 397 g/mol. The fraction of sp³-hybridized carbons (Fsp3) is 0.400. The molecule has 1 aromatic carbocycles. The summed E-state index contributed by atoms with van der Waals surface area (Å²) in [5, 5.41) is 5.00. The van der Waals surface area contributed by atoms with Crippen LogP contribution in [-0.2, 0) is 23.9 Å². The molecule has 0 radical (unpaired) electrons. The predicted octanol–water partition coefficient (Wildman–Crippen LogP) is 1.24. The number of amides is 3. The maximum Gasteiger partial charge on any atom is 0.338 e. The van der Waals surface area contributed by atoms with Crippen LogP contribution in [0.5, 0.6) is 0 Å². The average Bonchev–Trinajstić information content (AvgIpc) is 3.07. The van der Waals surface area contributed by atoms with Gasteiger partial charge in [-0.05, 0) is 26.0 Å². The summed E-state index contributed by atoms with van der Waals surface area (Å²) in [6.45, 7) is 3.01. The number of anilines is 1. The molecule has 0 bridgehead atoms. The third-order valence-corrected chi connectivity index (χ3v) is 4.83. The van der Waals surface area contributed by atoms with Crippen LogP contribution >= 0.6 is 0 Å². The first-order valence-corrected chi connectivity index (χ1v) is 9.51. The zero-order chi connectivity index (χ0) is 21.8. The van der Waals surface area contributed by atoms with E-state index in [2.05, 4.69) is 10.6 Å². The molecular formula is C20H22FN3O6. The van der Waals surface area contributed by atoms with Crippen molar-refractivity contribution in [2.75, 3.05) is 24.7 Å². The van der Waals surface area contributed by atoms with E-state index in [9.17, 15) is 23.6 Å². The largest absolute Gasteiger partial charge is 0.463 e. The van der Waals surface area contributed by atoms with E-state index in [-0.39, 0.29) is 43.1 Å². The lowest BCUT2D eigenvalue weighted by Crippen LogP contribution is -2.50. The number of hydrogen-bond acceptors (Lipinski definition) is 6. The van der Waals surface area contributed by atoms with E-state index in [0.717, 1.165) is 0 Å². The molecule has 0 unspecified atom stereocenters. The van der Waals surface area contributed by atoms with E-state index in [0.29, 0.717) is 0 Å². The smallest absolute Gasteiger partial charge is 0.338 e. The summed E-state index contributed by atoms with van der Waals surface area (Å²) < 4.78 is 24.2. The van der Waals surface area contributed by atoms with E-state index in [1.807, 2.05) is 0 Å². The highest BCUT2D eigenvalue weighted by atomic mass is 19.1. The lowest BCUT2D eigenvalue weighted by molar-refractivity contribution is -0.147. The molecule has 0 spiro atoms. The number of rotatable bonds is 6. The number of carbonyl (C=O) groups excluding carboxylic acids is 4. The van der Waals surface area contributed by atoms with Crippen molar-refractivity contribution < 1.29 is 33.0 Å². The van der Waals surface area contributed by atoms with Crippen LogP contribution < -0.4 is 15.5 Å². The molecule has 2 aliphatic rings. The van der Waals surface area contributed by atoms with E-state index in [1.165, 1.54) is 23.1 Å². The molecule has 0 saturated carbocycles. The fourth-order valence-electron chi connectivity index (χ4n) is 3.42. The number of hydrogen-bond donors (Lipinski definition) is 2. The van der Waals surface area contributed by atoms with Crippen LogP contribution in [0.1, 0.15) is 20.3 Å². The van der Waals surface area contributed by atoms with Crippen LogP contribution in [0.2, 0.25) is 0 Å². The highest BCUT2D eigenvalue weighted by Crippen LogP contribution is 2.28. The number of ether oxygens (including phenoxy) is 2. The number of urea groups is 1. The quantitative estimate of drug-likeness (QED) is 0.671. The molecule has 1 saturated heterocycles. The Morgan fingerprint density at radius 2 is 1.97 bits per heavy atom. The molecule has 0 aromatic heterocycles. The minimum Gasteiger partial charge on any atom is -0.463 e. The number of esters is 2. The Morgan fingerprint density at radius 1 is 1.23 bits per heavy atom. The number of carbonyl (C=O) groups is 4. The molecule has 160 valence electrons. The summed E-state index contributed by atoms with van der Waals surface area (Å²) in [4.78, 5) is 49.9. The summed E-state index contributed by atoms with van der Waals surface area (Å²) in [7, 11) is 0. The first kappa shape index (κ1) is 21.3. The summed E-state index contributed by atoms with van der Waals surface area (Å²) >= 11 is 0. The number of nitrogens with one attached hydrogen (secondary N) is 2. The van der Waals surface area contributed by atoms with Crippen molar-refractivity contribution >= 4 is 29.6 Å². The lowest BCUT2D eigenvalue weighted by Gasteiger charge is -2.26. The number of nitrogens with zero attached hydrogens (tertiary/aromatic N) is 1. The molecule has 30 heavy (non-hydrogen) atoms. The minimum atomic E-state index is -0.793. The molecule has 0 aliphatic carbocycles. The second kappa shape index (κ2) is 8.93. The monoisotopic (exact) mass is 419 g/mol. The van der Waals surface area contributed by atoms with Gasteiger partial charge in [0.2, 0.25) is 5.91 Å². The first-order valence-electron chi connectivity index (χ1n) is 9.51. The average molecular weight is 419 g/mol. The normalized spacial score (nSPS) is 21.2. The van der Waals surface area contributed by atoms with E-state index < -0.39 is 41.7 Å². The minimum absolute atomic E-state index is 0.0211. The third kappa shape index (κ3) is 4.42.